The second-order valence-electron chi connectivity index (χ2n) is 4.33. The highest BCUT2D eigenvalue weighted by molar-refractivity contribution is 6.16. The molecule has 3 heteroatoms. The zero-order chi connectivity index (χ0) is 11.2. The second-order valence-corrected chi connectivity index (χ2v) is 4.60. The van der Waals surface area contributed by atoms with Crippen LogP contribution in [0.4, 0.5) is 0 Å². The van der Waals surface area contributed by atoms with Crippen LogP contribution in [-0.4, -0.2) is 11.1 Å². The molecule has 0 unspecified atom stereocenters. The molecule has 0 aromatic carbocycles. The van der Waals surface area contributed by atoms with Gasteiger partial charge in [-0.1, -0.05) is 18.9 Å². The minimum Gasteiger partial charge on any atom is -0.474 e. The summed E-state index contributed by atoms with van der Waals surface area (Å²) in [5.41, 5.74) is 0.882. The highest BCUT2D eigenvalue weighted by Crippen LogP contribution is 2.21. The molecular formula is C13H18ClNO. The van der Waals surface area contributed by atoms with Gasteiger partial charge in [-0.2, -0.15) is 0 Å². The molecule has 1 aliphatic carbocycles. The maximum atomic E-state index is 5.91. The topological polar surface area (TPSA) is 22.1 Å². The van der Waals surface area contributed by atoms with Crippen LogP contribution in [0.5, 0.6) is 5.88 Å². The lowest BCUT2D eigenvalue weighted by Gasteiger charge is -2.16. The Balaban J connectivity index is 1.96. The van der Waals surface area contributed by atoms with Crippen LogP contribution in [0.2, 0.25) is 0 Å². The van der Waals surface area contributed by atoms with Crippen molar-refractivity contribution in [2.24, 2.45) is 0 Å². The summed E-state index contributed by atoms with van der Waals surface area (Å²) >= 11 is 5.75. The second kappa shape index (κ2) is 6.09. The summed E-state index contributed by atoms with van der Waals surface area (Å²) in [7, 11) is 0. The van der Waals surface area contributed by atoms with E-state index in [-0.39, 0.29) is 0 Å². The summed E-state index contributed by atoms with van der Waals surface area (Å²) in [6.07, 6.45) is 7.91. The van der Waals surface area contributed by atoms with Crippen molar-refractivity contribution >= 4 is 11.6 Å². The lowest BCUT2D eigenvalue weighted by Crippen LogP contribution is -2.15. The Morgan fingerprint density at radius 2 is 1.94 bits per heavy atom. The third-order valence-corrected chi connectivity index (χ3v) is 3.28. The number of hydrogen-bond acceptors (Lipinski definition) is 2. The van der Waals surface area contributed by atoms with E-state index < -0.39 is 0 Å². The summed E-state index contributed by atoms with van der Waals surface area (Å²) in [4.78, 5) is 4.36. The number of aromatic nitrogens is 1. The Morgan fingerprint density at radius 1 is 1.19 bits per heavy atom. The van der Waals surface area contributed by atoms with Crippen LogP contribution < -0.4 is 4.74 Å². The molecule has 1 saturated carbocycles. The van der Waals surface area contributed by atoms with E-state index >= 15 is 0 Å². The largest absolute Gasteiger partial charge is 0.474 e. The Hall–Kier alpha value is -0.760. The van der Waals surface area contributed by atoms with Crippen molar-refractivity contribution in [3.63, 3.8) is 0 Å². The van der Waals surface area contributed by atoms with Gasteiger partial charge in [0.2, 0.25) is 5.88 Å². The molecule has 1 fully saturated rings. The summed E-state index contributed by atoms with van der Waals surface area (Å²) < 4.78 is 5.91. The molecule has 1 aliphatic rings. The van der Waals surface area contributed by atoms with Crippen LogP contribution >= 0.6 is 11.6 Å². The van der Waals surface area contributed by atoms with Gasteiger partial charge in [0.05, 0.1) is 11.6 Å². The lowest BCUT2D eigenvalue weighted by atomic mass is 10.1. The molecule has 0 spiro atoms. The van der Waals surface area contributed by atoms with Crippen molar-refractivity contribution in [3.8, 4) is 5.88 Å². The zero-order valence-corrected chi connectivity index (χ0v) is 10.2. The quantitative estimate of drug-likeness (QED) is 0.589. The van der Waals surface area contributed by atoms with Gasteiger partial charge in [-0.05, 0) is 31.7 Å². The Kier molecular flexibility index (Phi) is 4.46. The molecule has 16 heavy (non-hydrogen) atoms. The third kappa shape index (κ3) is 3.38. The van der Waals surface area contributed by atoms with Gasteiger partial charge in [-0.25, -0.2) is 4.98 Å². The Bertz CT molecular complexity index is 321. The standard InChI is InChI=1S/C13H18ClNO/c14-10-11-6-5-9-13(15-11)16-12-7-3-1-2-4-8-12/h5-6,9,12H,1-4,7-8,10H2. The number of pyridine rings is 1. The van der Waals surface area contributed by atoms with E-state index in [1.807, 2.05) is 18.2 Å². The molecule has 1 aromatic heterocycles. The predicted molar refractivity (Wildman–Crippen MR) is 65.9 cm³/mol. The number of rotatable bonds is 3. The van der Waals surface area contributed by atoms with Gasteiger partial charge in [-0.3, -0.25) is 0 Å². The third-order valence-electron chi connectivity index (χ3n) is 3.01. The first-order chi connectivity index (χ1) is 7.88. The van der Waals surface area contributed by atoms with Gasteiger partial charge in [0.15, 0.2) is 0 Å². The van der Waals surface area contributed by atoms with E-state index in [0.29, 0.717) is 12.0 Å². The van der Waals surface area contributed by atoms with E-state index in [1.165, 1.54) is 25.7 Å². The van der Waals surface area contributed by atoms with Crippen molar-refractivity contribution in [1.29, 1.82) is 0 Å². The van der Waals surface area contributed by atoms with Crippen LogP contribution in [0.25, 0.3) is 0 Å². The average Bonchev–Trinajstić information content (AvgIpc) is 2.58. The van der Waals surface area contributed by atoms with Crippen molar-refractivity contribution in [2.45, 2.75) is 50.5 Å². The fourth-order valence-corrected chi connectivity index (χ4v) is 2.28. The molecule has 0 atom stereocenters. The van der Waals surface area contributed by atoms with Crippen molar-refractivity contribution in [3.05, 3.63) is 23.9 Å². The number of ether oxygens (including phenoxy) is 1. The van der Waals surface area contributed by atoms with Gasteiger partial charge in [-0.15, -0.1) is 11.6 Å². The van der Waals surface area contributed by atoms with E-state index in [2.05, 4.69) is 4.98 Å². The van der Waals surface area contributed by atoms with Crippen molar-refractivity contribution in [1.82, 2.24) is 4.98 Å². The number of alkyl halides is 1. The highest BCUT2D eigenvalue weighted by atomic mass is 35.5. The molecule has 0 saturated heterocycles. The van der Waals surface area contributed by atoms with Crippen LogP contribution in [0.1, 0.15) is 44.2 Å². The smallest absolute Gasteiger partial charge is 0.213 e. The van der Waals surface area contributed by atoms with Crippen LogP contribution in [0.3, 0.4) is 0 Å². The summed E-state index contributed by atoms with van der Waals surface area (Å²) in [6, 6.07) is 5.80. The number of halogens is 1. The van der Waals surface area contributed by atoms with Gasteiger partial charge < -0.3 is 4.74 Å². The molecule has 0 N–H and O–H groups in total. The number of nitrogens with zero attached hydrogens (tertiary/aromatic N) is 1. The van der Waals surface area contributed by atoms with Crippen LogP contribution in [-0.2, 0) is 5.88 Å². The number of hydrogen-bond donors (Lipinski definition) is 0. The van der Waals surface area contributed by atoms with Gasteiger partial charge >= 0.3 is 0 Å². The molecule has 2 nitrogen and oxygen atoms in total. The fraction of sp³-hybridized carbons (Fsp3) is 0.615. The zero-order valence-electron chi connectivity index (χ0n) is 9.49. The summed E-state index contributed by atoms with van der Waals surface area (Å²) in [6.45, 7) is 0. The van der Waals surface area contributed by atoms with Gasteiger partial charge in [0, 0.05) is 6.07 Å². The highest BCUT2D eigenvalue weighted by Gasteiger charge is 2.14. The predicted octanol–water partition coefficient (Wildman–Crippen LogP) is 3.92. The van der Waals surface area contributed by atoms with Crippen LogP contribution in [0, 0.1) is 0 Å². The molecular weight excluding hydrogens is 222 g/mol. The van der Waals surface area contributed by atoms with Gasteiger partial charge in [0.1, 0.15) is 6.10 Å². The van der Waals surface area contributed by atoms with E-state index in [9.17, 15) is 0 Å². The van der Waals surface area contributed by atoms with Crippen molar-refractivity contribution in [2.75, 3.05) is 0 Å². The summed E-state index contributed by atoms with van der Waals surface area (Å²) in [5, 5.41) is 0. The first-order valence-electron chi connectivity index (χ1n) is 6.07. The molecule has 0 bridgehead atoms. The maximum absolute atomic E-state index is 5.91. The lowest BCUT2D eigenvalue weighted by molar-refractivity contribution is 0.176. The van der Waals surface area contributed by atoms with Gasteiger partial charge in [0.25, 0.3) is 0 Å². The molecule has 0 amide bonds. The van der Waals surface area contributed by atoms with Crippen LogP contribution in [0.15, 0.2) is 18.2 Å². The van der Waals surface area contributed by atoms with E-state index in [4.69, 9.17) is 16.3 Å². The normalized spacial score (nSPS) is 18.1. The molecule has 1 heterocycles. The Labute approximate surface area is 102 Å². The monoisotopic (exact) mass is 239 g/mol. The summed E-state index contributed by atoms with van der Waals surface area (Å²) in [5.74, 6) is 1.17. The maximum Gasteiger partial charge on any atom is 0.213 e. The SMILES string of the molecule is ClCc1cccc(OC2CCCCCC2)n1. The molecule has 0 radical (unpaired) electrons. The molecule has 2 rings (SSSR count). The fourth-order valence-electron chi connectivity index (χ4n) is 2.13. The van der Waals surface area contributed by atoms with Crippen molar-refractivity contribution < 1.29 is 4.74 Å². The molecule has 1 aromatic rings. The first kappa shape index (κ1) is 11.7. The minimum atomic E-state index is 0.348. The first-order valence-corrected chi connectivity index (χ1v) is 6.60. The molecule has 0 aliphatic heterocycles. The van der Waals surface area contributed by atoms with E-state index in [0.717, 1.165) is 24.4 Å². The van der Waals surface area contributed by atoms with E-state index in [1.54, 1.807) is 0 Å². The minimum absolute atomic E-state index is 0.348. The average molecular weight is 240 g/mol. The Morgan fingerprint density at radius 3 is 2.62 bits per heavy atom. The molecule has 88 valence electrons.